The Hall–Kier alpha value is -1.95. The molecule has 1 fully saturated rings. The SMILES string of the molecule is COCC1CN(C(=O)c2ccc3[nH]ccc3c2)CCC1(F)F. The van der Waals surface area contributed by atoms with Gasteiger partial charge in [0.1, 0.15) is 0 Å². The van der Waals surface area contributed by atoms with Gasteiger partial charge in [0.15, 0.2) is 0 Å². The number of aromatic amines is 1. The number of methoxy groups -OCH3 is 1. The molecule has 0 saturated carbocycles. The lowest BCUT2D eigenvalue weighted by atomic mass is 9.93. The molecule has 2 heterocycles. The first-order valence-corrected chi connectivity index (χ1v) is 7.24. The molecular formula is C16H18F2N2O2. The number of hydrogen-bond donors (Lipinski definition) is 1. The normalized spacial score (nSPS) is 21.2. The Balaban J connectivity index is 1.79. The molecule has 3 rings (SSSR count). The van der Waals surface area contributed by atoms with Gasteiger partial charge in [-0.15, -0.1) is 0 Å². The van der Waals surface area contributed by atoms with Crippen LogP contribution in [0.25, 0.3) is 10.9 Å². The summed E-state index contributed by atoms with van der Waals surface area (Å²) < 4.78 is 32.6. The predicted molar refractivity (Wildman–Crippen MR) is 79.1 cm³/mol. The molecule has 1 aliphatic heterocycles. The van der Waals surface area contributed by atoms with Crippen LogP contribution in [0.1, 0.15) is 16.8 Å². The minimum atomic E-state index is -2.78. The summed E-state index contributed by atoms with van der Waals surface area (Å²) in [5.74, 6) is -3.94. The Kier molecular flexibility index (Phi) is 3.87. The van der Waals surface area contributed by atoms with E-state index in [1.54, 1.807) is 18.3 Å². The Morgan fingerprint density at radius 3 is 3.05 bits per heavy atom. The Morgan fingerprint density at radius 2 is 2.27 bits per heavy atom. The maximum atomic E-state index is 13.8. The average Bonchev–Trinajstić information content (AvgIpc) is 2.96. The van der Waals surface area contributed by atoms with Gasteiger partial charge in [-0.25, -0.2) is 8.78 Å². The smallest absolute Gasteiger partial charge is 0.256 e. The quantitative estimate of drug-likeness (QED) is 0.947. The number of nitrogens with zero attached hydrogens (tertiary/aromatic N) is 1. The number of H-pyrrole nitrogens is 1. The number of rotatable bonds is 3. The number of aromatic nitrogens is 1. The van der Waals surface area contributed by atoms with E-state index in [1.165, 1.54) is 12.0 Å². The third kappa shape index (κ3) is 2.70. The van der Waals surface area contributed by atoms with E-state index >= 15 is 0 Å². The second-order valence-corrected chi connectivity index (χ2v) is 5.69. The van der Waals surface area contributed by atoms with E-state index < -0.39 is 11.8 Å². The number of nitrogens with one attached hydrogen (secondary N) is 1. The number of carbonyl (C=O) groups is 1. The Morgan fingerprint density at radius 1 is 1.45 bits per heavy atom. The zero-order valence-electron chi connectivity index (χ0n) is 12.3. The number of halogens is 2. The van der Waals surface area contributed by atoms with Gasteiger partial charge in [0.2, 0.25) is 0 Å². The minimum Gasteiger partial charge on any atom is -0.384 e. The highest BCUT2D eigenvalue weighted by Gasteiger charge is 2.45. The first-order chi connectivity index (χ1) is 10.5. The van der Waals surface area contributed by atoms with Crippen molar-refractivity contribution < 1.29 is 18.3 Å². The van der Waals surface area contributed by atoms with Crippen molar-refractivity contribution in [3.63, 3.8) is 0 Å². The number of benzene rings is 1. The van der Waals surface area contributed by atoms with Crippen LogP contribution in [0.2, 0.25) is 0 Å². The molecule has 1 atom stereocenters. The summed E-state index contributed by atoms with van der Waals surface area (Å²) in [4.78, 5) is 17.1. The number of piperidine rings is 1. The molecule has 0 aliphatic carbocycles. The molecule has 4 nitrogen and oxygen atoms in total. The lowest BCUT2D eigenvalue weighted by molar-refractivity contribution is -0.117. The van der Waals surface area contributed by atoms with Gasteiger partial charge in [-0.05, 0) is 24.3 Å². The highest BCUT2D eigenvalue weighted by molar-refractivity contribution is 5.98. The highest BCUT2D eigenvalue weighted by Crippen LogP contribution is 2.34. The summed E-state index contributed by atoms with van der Waals surface area (Å²) in [7, 11) is 1.40. The monoisotopic (exact) mass is 308 g/mol. The molecule has 22 heavy (non-hydrogen) atoms. The lowest BCUT2D eigenvalue weighted by Gasteiger charge is -2.38. The fourth-order valence-electron chi connectivity index (χ4n) is 2.91. The zero-order valence-corrected chi connectivity index (χ0v) is 12.3. The Bertz CT molecular complexity index is 684. The zero-order chi connectivity index (χ0) is 15.7. The van der Waals surface area contributed by atoms with Crippen molar-refractivity contribution >= 4 is 16.8 Å². The maximum Gasteiger partial charge on any atom is 0.256 e. The third-order valence-corrected chi connectivity index (χ3v) is 4.21. The van der Waals surface area contributed by atoms with Gasteiger partial charge in [0, 0.05) is 49.3 Å². The maximum absolute atomic E-state index is 13.8. The molecule has 1 aliphatic rings. The number of amides is 1. The van der Waals surface area contributed by atoms with E-state index in [4.69, 9.17) is 4.74 Å². The molecule has 0 bridgehead atoms. The summed E-state index contributed by atoms with van der Waals surface area (Å²) in [6.45, 7) is 0.0374. The summed E-state index contributed by atoms with van der Waals surface area (Å²) in [6.07, 6.45) is 1.48. The van der Waals surface area contributed by atoms with Gasteiger partial charge in [0.25, 0.3) is 11.8 Å². The second kappa shape index (κ2) is 5.68. The summed E-state index contributed by atoms with van der Waals surface area (Å²) >= 11 is 0. The topological polar surface area (TPSA) is 45.3 Å². The molecular weight excluding hydrogens is 290 g/mol. The van der Waals surface area contributed by atoms with Crippen molar-refractivity contribution in [2.45, 2.75) is 12.3 Å². The fraction of sp³-hybridized carbons (Fsp3) is 0.438. The molecule has 6 heteroatoms. The van der Waals surface area contributed by atoms with Crippen molar-refractivity contribution in [1.29, 1.82) is 0 Å². The largest absolute Gasteiger partial charge is 0.384 e. The summed E-state index contributed by atoms with van der Waals surface area (Å²) in [6, 6.07) is 7.21. The van der Waals surface area contributed by atoms with Gasteiger partial charge in [-0.1, -0.05) is 0 Å². The van der Waals surface area contributed by atoms with Crippen molar-refractivity contribution in [2.75, 3.05) is 26.8 Å². The van der Waals surface area contributed by atoms with E-state index in [-0.39, 0.29) is 32.0 Å². The van der Waals surface area contributed by atoms with Crippen molar-refractivity contribution in [3.8, 4) is 0 Å². The van der Waals surface area contributed by atoms with Crippen molar-refractivity contribution in [3.05, 3.63) is 36.0 Å². The standard InChI is InChI=1S/C16H18F2N2O2/c1-22-10-13-9-20(7-5-16(13,17)18)15(21)12-2-3-14-11(8-12)4-6-19-14/h2-4,6,8,13,19H,5,7,9-10H2,1H3. The molecule has 1 saturated heterocycles. The van der Waals surface area contributed by atoms with E-state index in [9.17, 15) is 13.6 Å². The highest BCUT2D eigenvalue weighted by atomic mass is 19.3. The second-order valence-electron chi connectivity index (χ2n) is 5.69. The van der Waals surface area contributed by atoms with Crippen LogP contribution in [0, 0.1) is 5.92 Å². The molecule has 1 aromatic heterocycles. The number of likely N-dealkylation sites (tertiary alicyclic amines) is 1. The van der Waals surface area contributed by atoms with Gasteiger partial charge in [-0.3, -0.25) is 4.79 Å². The van der Waals surface area contributed by atoms with E-state index in [1.807, 2.05) is 12.1 Å². The van der Waals surface area contributed by atoms with Crippen molar-refractivity contribution in [2.24, 2.45) is 5.92 Å². The van der Waals surface area contributed by atoms with Crippen LogP contribution in [0.3, 0.4) is 0 Å². The first-order valence-electron chi connectivity index (χ1n) is 7.24. The molecule has 1 aromatic carbocycles. The van der Waals surface area contributed by atoms with Crippen LogP contribution in [0.4, 0.5) is 8.78 Å². The Labute approximate surface area is 127 Å². The van der Waals surface area contributed by atoms with E-state index in [0.717, 1.165) is 10.9 Å². The van der Waals surface area contributed by atoms with Crippen LogP contribution < -0.4 is 0 Å². The van der Waals surface area contributed by atoms with Gasteiger partial charge < -0.3 is 14.6 Å². The number of ether oxygens (including phenoxy) is 1. The first kappa shape index (κ1) is 15.0. The molecule has 1 amide bonds. The van der Waals surface area contributed by atoms with Gasteiger partial charge >= 0.3 is 0 Å². The van der Waals surface area contributed by atoms with Crippen LogP contribution in [-0.2, 0) is 4.74 Å². The summed E-state index contributed by atoms with van der Waals surface area (Å²) in [5, 5.41) is 0.932. The van der Waals surface area contributed by atoms with E-state index in [0.29, 0.717) is 5.56 Å². The number of hydrogen-bond acceptors (Lipinski definition) is 2. The average molecular weight is 308 g/mol. The van der Waals surface area contributed by atoms with E-state index in [2.05, 4.69) is 4.98 Å². The molecule has 1 N–H and O–H groups in total. The molecule has 1 unspecified atom stereocenters. The van der Waals surface area contributed by atoms with Crippen LogP contribution >= 0.6 is 0 Å². The number of fused-ring (bicyclic) bond motifs is 1. The molecule has 2 aromatic rings. The molecule has 0 spiro atoms. The van der Waals surface area contributed by atoms with Crippen LogP contribution in [-0.4, -0.2) is 48.5 Å². The summed E-state index contributed by atoms with van der Waals surface area (Å²) in [5.41, 5.74) is 1.47. The molecule has 0 radical (unpaired) electrons. The van der Waals surface area contributed by atoms with Crippen LogP contribution in [0.15, 0.2) is 30.5 Å². The predicted octanol–water partition coefficient (Wildman–Crippen LogP) is 2.91. The number of alkyl halides is 2. The van der Waals surface area contributed by atoms with Gasteiger partial charge in [0.05, 0.1) is 12.5 Å². The molecule has 118 valence electrons. The van der Waals surface area contributed by atoms with Crippen LogP contribution in [0.5, 0.6) is 0 Å². The fourth-order valence-corrected chi connectivity index (χ4v) is 2.91. The van der Waals surface area contributed by atoms with Crippen molar-refractivity contribution in [1.82, 2.24) is 9.88 Å². The third-order valence-electron chi connectivity index (χ3n) is 4.21. The minimum absolute atomic E-state index is 0.0187. The lowest BCUT2D eigenvalue weighted by Crippen LogP contribution is -2.50. The number of carbonyl (C=O) groups excluding carboxylic acids is 1. The van der Waals surface area contributed by atoms with Gasteiger partial charge in [-0.2, -0.15) is 0 Å².